The van der Waals surface area contributed by atoms with Gasteiger partial charge in [0, 0.05) is 32.1 Å². The lowest BCUT2D eigenvalue weighted by Crippen LogP contribution is -2.37. The Morgan fingerprint density at radius 2 is 2.12 bits per heavy atom. The summed E-state index contributed by atoms with van der Waals surface area (Å²) in [5.41, 5.74) is 3.47. The average molecular weight is 337 g/mol. The van der Waals surface area contributed by atoms with Gasteiger partial charge in [-0.15, -0.1) is 0 Å². The second kappa shape index (κ2) is 6.51. The maximum absolute atomic E-state index is 12.4. The molecule has 7 heteroatoms. The first-order chi connectivity index (χ1) is 12.2. The molecule has 3 heterocycles. The Hall–Kier alpha value is -2.96. The normalized spacial score (nSPS) is 13.7. The van der Waals surface area contributed by atoms with Crippen LogP contribution in [0.5, 0.6) is 0 Å². The second-order valence-corrected chi connectivity index (χ2v) is 6.18. The van der Waals surface area contributed by atoms with Gasteiger partial charge in [-0.25, -0.2) is 4.98 Å². The van der Waals surface area contributed by atoms with Crippen molar-refractivity contribution in [1.82, 2.24) is 24.6 Å². The number of imidazole rings is 1. The third kappa shape index (κ3) is 3.17. The topological polar surface area (TPSA) is 77.1 Å². The maximum Gasteiger partial charge on any atom is 0.295 e. The fraction of sp³-hybridized carbons (Fsp3) is 0.333. The van der Waals surface area contributed by atoms with Gasteiger partial charge in [0.25, 0.3) is 11.7 Å². The number of carbonyl (C=O) groups excluding carboxylic acids is 1. The van der Waals surface area contributed by atoms with Crippen LogP contribution in [0.4, 0.5) is 0 Å². The van der Waals surface area contributed by atoms with Crippen LogP contribution in [0.3, 0.4) is 0 Å². The Balaban J connectivity index is 1.44. The lowest BCUT2D eigenvalue weighted by Gasteiger charge is -2.26. The highest BCUT2D eigenvalue weighted by molar-refractivity contribution is 5.90. The van der Waals surface area contributed by atoms with E-state index in [0.29, 0.717) is 19.0 Å². The van der Waals surface area contributed by atoms with Crippen molar-refractivity contribution in [2.75, 3.05) is 6.54 Å². The predicted molar refractivity (Wildman–Crippen MR) is 89.9 cm³/mol. The van der Waals surface area contributed by atoms with E-state index < -0.39 is 0 Å². The Labute approximate surface area is 145 Å². The number of rotatable bonds is 4. The van der Waals surface area contributed by atoms with Gasteiger partial charge in [0.1, 0.15) is 0 Å². The third-order valence-electron chi connectivity index (χ3n) is 4.48. The van der Waals surface area contributed by atoms with E-state index in [1.807, 2.05) is 12.4 Å². The van der Waals surface area contributed by atoms with Gasteiger partial charge in [-0.3, -0.25) is 4.79 Å². The standard InChI is InChI=1S/C18H19N5O2/c1-13-20-17(21-25-13)18(24)22-10-8-16-15(11-22)19-12-23(16)9-7-14-5-3-2-4-6-14/h2-6,12H,7-11H2,1H3. The molecule has 0 radical (unpaired) electrons. The summed E-state index contributed by atoms with van der Waals surface area (Å²) in [6.45, 7) is 3.69. The van der Waals surface area contributed by atoms with E-state index in [9.17, 15) is 4.79 Å². The van der Waals surface area contributed by atoms with E-state index in [0.717, 1.165) is 25.1 Å². The molecule has 3 aromatic rings. The molecule has 0 aliphatic carbocycles. The number of nitrogens with zero attached hydrogens (tertiary/aromatic N) is 5. The summed E-state index contributed by atoms with van der Waals surface area (Å²) in [4.78, 5) is 22.7. The molecule has 0 atom stereocenters. The Morgan fingerprint density at radius 3 is 2.88 bits per heavy atom. The van der Waals surface area contributed by atoms with Crippen LogP contribution in [0.15, 0.2) is 41.2 Å². The van der Waals surface area contributed by atoms with E-state index in [1.165, 1.54) is 11.3 Å². The van der Waals surface area contributed by atoms with Crippen LogP contribution in [0, 0.1) is 6.92 Å². The van der Waals surface area contributed by atoms with Crippen molar-refractivity contribution in [2.45, 2.75) is 32.9 Å². The molecule has 128 valence electrons. The Morgan fingerprint density at radius 1 is 1.28 bits per heavy atom. The summed E-state index contributed by atoms with van der Waals surface area (Å²) in [6, 6.07) is 10.4. The first-order valence-corrected chi connectivity index (χ1v) is 8.37. The van der Waals surface area contributed by atoms with E-state index in [4.69, 9.17) is 4.52 Å². The summed E-state index contributed by atoms with van der Waals surface area (Å²) in [5.74, 6) is 0.303. The minimum absolute atomic E-state index is 0.115. The lowest BCUT2D eigenvalue weighted by molar-refractivity contribution is 0.0715. The summed E-state index contributed by atoms with van der Waals surface area (Å²) in [6.07, 6.45) is 3.63. The third-order valence-corrected chi connectivity index (χ3v) is 4.48. The van der Waals surface area contributed by atoms with Crippen LogP contribution < -0.4 is 0 Å². The molecule has 0 unspecified atom stereocenters. The average Bonchev–Trinajstić information content (AvgIpc) is 3.26. The number of aryl methyl sites for hydroxylation is 3. The maximum atomic E-state index is 12.4. The van der Waals surface area contributed by atoms with Gasteiger partial charge in [-0.2, -0.15) is 4.98 Å². The summed E-state index contributed by atoms with van der Waals surface area (Å²) in [7, 11) is 0. The van der Waals surface area contributed by atoms with E-state index in [1.54, 1.807) is 11.8 Å². The molecule has 1 aromatic carbocycles. The fourth-order valence-corrected chi connectivity index (χ4v) is 3.16. The SMILES string of the molecule is Cc1nc(C(=O)N2CCc3c(ncn3CCc3ccccc3)C2)no1. The first-order valence-electron chi connectivity index (χ1n) is 8.37. The van der Waals surface area contributed by atoms with Crippen LogP contribution in [-0.4, -0.2) is 37.0 Å². The zero-order chi connectivity index (χ0) is 17.2. The highest BCUT2D eigenvalue weighted by Gasteiger charge is 2.27. The van der Waals surface area contributed by atoms with Crippen LogP contribution >= 0.6 is 0 Å². The van der Waals surface area contributed by atoms with Gasteiger partial charge in [0.2, 0.25) is 5.89 Å². The fourth-order valence-electron chi connectivity index (χ4n) is 3.16. The van der Waals surface area contributed by atoms with E-state index >= 15 is 0 Å². The highest BCUT2D eigenvalue weighted by Crippen LogP contribution is 2.19. The molecule has 0 fully saturated rings. The monoisotopic (exact) mass is 337 g/mol. The van der Waals surface area contributed by atoms with Crippen molar-refractivity contribution in [1.29, 1.82) is 0 Å². The molecule has 0 N–H and O–H groups in total. The Kier molecular flexibility index (Phi) is 4.05. The van der Waals surface area contributed by atoms with Crippen molar-refractivity contribution in [3.63, 3.8) is 0 Å². The first kappa shape index (κ1) is 15.6. The van der Waals surface area contributed by atoms with Gasteiger partial charge in [0.15, 0.2) is 0 Å². The molecular formula is C18H19N5O2. The number of fused-ring (bicyclic) bond motifs is 1. The summed E-state index contributed by atoms with van der Waals surface area (Å²) < 4.78 is 7.09. The molecule has 4 rings (SSSR count). The van der Waals surface area contributed by atoms with Crippen LogP contribution in [0.25, 0.3) is 0 Å². The molecule has 0 saturated heterocycles. The number of hydrogen-bond donors (Lipinski definition) is 0. The zero-order valence-electron chi connectivity index (χ0n) is 14.1. The molecule has 0 spiro atoms. The molecular weight excluding hydrogens is 318 g/mol. The van der Waals surface area contributed by atoms with Gasteiger partial charge in [-0.05, 0) is 12.0 Å². The largest absolute Gasteiger partial charge is 0.339 e. The van der Waals surface area contributed by atoms with Crippen LogP contribution in [0.2, 0.25) is 0 Å². The lowest BCUT2D eigenvalue weighted by atomic mass is 10.1. The van der Waals surface area contributed by atoms with Crippen LogP contribution in [0.1, 0.15) is 33.5 Å². The van der Waals surface area contributed by atoms with Crippen LogP contribution in [-0.2, 0) is 25.9 Å². The van der Waals surface area contributed by atoms with Crippen molar-refractivity contribution in [3.8, 4) is 0 Å². The minimum atomic E-state index is -0.207. The van der Waals surface area contributed by atoms with Gasteiger partial charge in [0.05, 0.1) is 18.6 Å². The smallest absolute Gasteiger partial charge is 0.295 e. The van der Waals surface area contributed by atoms with E-state index in [-0.39, 0.29) is 11.7 Å². The molecule has 25 heavy (non-hydrogen) atoms. The zero-order valence-corrected chi connectivity index (χ0v) is 14.1. The number of hydrogen-bond acceptors (Lipinski definition) is 5. The molecule has 1 aliphatic rings. The highest BCUT2D eigenvalue weighted by atomic mass is 16.5. The van der Waals surface area contributed by atoms with Crippen molar-refractivity contribution in [3.05, 3.63) is 65.3 Å². The number of amides is 1. The molecule has 1 amide bonds. The number of carbonyl (C=O) groups is 1. The molecule has 0 saturated carbocycles. The van der Waals surface area contributed by atoms with Gasteiger partial charge >= 0.3 is 0 Å². The predicted octanol–water partition coefficient (Wildman–Crippen LogP) is 2.02. The summed E-state index contributed by atoms with van der Waals surface area (Å²) in [5, 5.41) is 3.71. The quantitative estimate of drug-likeness (QED) is 0.728. The van der Waals surface area contributed by atoms with Crippen molar-refractivity contribution in [2.24, 2.45) is 0 Å². The number of aromatic nitrogens is 4. The van der Waals surface area contributed by atoms with Crippen molar-refractivity contribution >= 4 is 5.91 Å². The molecule has 0 bridgehead atoms. The molecule has 1 aliphatic heterocycles. The minimum Gasteiger partial charge on any atom is -0.339 e. The van der Waals surface area contributed by atoms with Gasteiger partial charge in [-0.1, -0.05) is 35.5 Å². The second-order valence-electron chi connectivity index (χ2n) is 6.18. The molecule has 7 nitrogen and oxygen atoms in total. The van der Waals surface area contributed by atoms with Gasteiger partial charge < -0.3 is 14.0 Å². The van der Waals surface area contributed by atoms with Crippen molar-refractivity contribution < 1.29 is 9.32 Å². The number of benzene rings is 1. The Bertz CT molecular complexity index is 884. The summed E-state index contributed by atoms with van der Waals surface area (Å²) >= 11 is 0. The molecule has 2 aromatic heterocycles. The van der Waals surface area contributed by atoms with E-state index in [2.05, 4.69) is 44.0 Å².